The van der Waals surface area contributed by atoms with Gasteiger partial charge in [-0.3, -0.25) is 4.79 Å². The van der Waals surface area contributed by atoms with E-state index in [0.29, 0.717) is 18.9 Å². The molecule has 1 heterocycles. The molecule has 0 aliphatic carbocycles. The van der Waals surface area contributed by atoms with Crippen LogP contribution in [-0.2, 0) is 16.1 Å². The summed E-state index contributed by atoms with van der Waals surface area (Å²) in [5, 5.41) is 3.13. The lowest BCUT2D eigenvalue weighted by molar-refractivity contribution is -0.146. The highest BCUT2D eigenvalue weighted by Crippen LogP contribution is 2.14. The molecule has 0 radical (unpaired) electrons. The first-order valence-electron chi connectivity index (χ1n) is 5.35. The van der Waals surface area contributed by atoms with E-state index in [1.54, 1.807) is 0 Å². The van der Waals surface area contributed by atoms with Gasteiger partial charge in [-0.1, -0.05) is 28.1 Å². The molecule has 3 nitrogen and oxygen atoms in total. The number of halogens is 1. The van der Waals surface area contributed by atoms with E-state index in [-0.39, 0.29) is 5.97 Å². The fraction of sp³-hybridized carbons (Fsp3) is 0.417. The molecule has 1 N–H and O–H groups in total. The fourth-order valence-electron chi connectivity index (χ4n) is 1.58. The minimum absolute atomic E-state index is 0.105. The number of ether oxygens (including phenoxy) is 1. The van der Waals surface area contributed by atoms with Gasteiger partial charge >= 0.3 is 5.97 Å². The summed E-state index contributed by atoms with van der Waals surface area (Å²) in [6, 6.07) is 7.79. The summed E-state index contributed by atoms with van der Waals surface area (Å²) in [5.74, 6) is 0.362. The van der Waals surface area contributed by atoms with Crippen LogP contribution in [0.5, 0.6) is 0 Å². The summed E-state index contributed by atoms with van der Waals surface area (Å²) in [6.07, 6.45) is 0.529. The normalized spacial score (nSPS) is 15.6. The molecule has 16 heavy (non-hydrogen) atoms. The Morgan fingerprint density at radius 2 is 2.31 bits per heavy atom. The number of benzene rings is 1. The van der Waals surface area contributed by atoms with Crippen LogP contribution in [0.25, 0.3) is 0 Å². The molecule has 1 aliphatic heterocycles. The molecule has 86 valence electrons. The highest BCUT2D eigenvalue weighted by molar-refractivity contribution is 9.10. The van der Waals surface area contributed by atoms with E-state index in [9.17, 15) is 4.79 Å². The van der Waals surface area contributed by atoms with Crippen LogP contribution in [-0.4, -0.2) is 19.1 Å². The third kappa shape index (κ3) is 3.32. The Kier molecular flexibility index (Phi) is 3.96. The molecule has 0 saturated carbocycles. The summed E-state index contributed by atoms with van der Waals surface area (Å²) >= 11 is 3.38. The quantitative estimate of drug-likeness (QED) is 0.860. The van der Waals surface area contributed by atoms with E-state index in [2.05, 4.69) is 21.2 Å². The van der Waals surface area contributed by atoms with Gasteiger partial charge in [-0.05, 0) is 36.7 Å². The molecule has 0 amide bonds. The number of carbonyl (C=O) groups excluding carboxylic acids is 1. The third-order valence-corrected chi connectivity index (χ3v) is 3.10. The Balaban J connectivity index is 1.75. The number of hydrogen-bond acceptors (Lipinski definition) is 3. The third-order valence-electron chi connectivity index (χ3n) is 2.61. The van der Waals surface area contributed by atoms with Crippen molar-refractivity contribution in [3.8, 4) is 0 Å². The monoisotopic (exact) mass is 283 g/mol. The zero-order valence-electron chi connectivity index (χ0n) is 8.91. The van der Waals surface area contributed by atoms with Crippen molar-refractivity contribution >= 4 is 21.9 Å². The van der Waals surface area contributed by atoms with Gasteiger partial charge in [0.2, 0.25) is 0 Å². The fourth-order valence-corrected chi connectivity index (χ4v) is 2.02. The van der Waals surface area contributed by atoms with E-state index in [1.165, 1.54) is 0 Å². The van der Waals surface area contributed by atoms with Crippen LogP contribution in [0.1, 0.15) is 12.0 Å². The first kappa shape index (κ1) is 11.6. The second kappa shape index (κ2) is 5.46. The van der Waals surface area contributed by atoms with Gasteiger partial charge in [-0.2, -0.15) is 0 Å². The first-order valence-corrected chi connectivity index (χ1v) is 6.14. The summed E-state index contributed by atoms with van der Waals surface area (Å²) < 4.78 is 6.21. The van der Waals surface area contributed by atoms with Gasteiger partial charge in [-0.25, -0.2) is 0 Å². The van der Waals surface area contributed by atoms with E-state index in [0.717, 1.165) is 23.1 Å². The Labute approximate surface area is 103 Å². The van der Waals surface area contributed by atoms with Gasteiger partial charge in [0.15, 0.2) is 0 Å². The minimum atomic E-state index is -0.105. The highest BCUT2D eigenvalue weighted by Gasteiger charge is 2.20. The van der Waals surface area contributed by atoms with Crippen LogP contribution >= 0.6 is 15.9 Å². The summed E-state index contributed by atoms with van der Waals surface area (Å²) in [7, 11) is 0. The van der Waals surface area contributed by atoms with Crippen molar-refractivity contribution in [1.29, 1.82) is 0 Å². The van der Waals surface area contributed by atoms with E-state index in [1.807, 2.05) is 24.3 Å². The van der Waals surface area contributed by atoms with Crippen molar-refractivity contribution in [2.24, 2.45) is 5.92 Å². The predicted octanol–water partition coefficient (Wildman–Crippen LogP) is 2.10. The van der Waals surface area contributed by atoms with E-state index >= 15 is 0 Å². The standard InChI is InChI=1S/C12H14BrNO2/c13-11-3-1-2-9(4-11)8-16-12(15)5-10-6-14-7-10/h1-4,10,14H,5-8H2. The molecule has 2 rings (SSSR count). The molecule has 0 bridgehead atoms. The van der Waals surface area contributed by atoms with Crippen molar-refractivity contribution in [2.45, 2.75) is 13.0 Å². The van der Waals surface area contributed by atoms with Gasteiger partial charge in [-0.15, -0.1) is 0 Å². The van der Waals surface area contributed by atoms with Crippen molar-refractivity contribution in [3.63, 3.8) is 0 Å². The van der Waals surface area contributed by atoms with Crippen LogP contribution in [0.4, 0.5) is 0 Å². The van der Waals surface area contributed by atoms with Crippen molar-refractivity contribution in [1.82, 2.24) is 5.32 Å². The maximum atomic E-state index is 11.4. The molecule has 1 aliphatic rings. The molecular formula is C12H14BrNO2. The Hall–Kier alpha value is -0.870. The number of rotatable bonds is 4. The SMILES string of the molecule is O=C(CC1CNC1)OCc1cccc(Br)c1. The zero-order valence-corrected chi connectivity index (χ0v) is 10.5. The Bertz CT molecular complexity index is 377. The second-order valence-corrected chi connectivity index (χ2v) is 4.93. The van der Waals surface area contributed by atoms with Crippen LogP contribution in [0.3, 0.4) is 0 Å². The Morgan fingerprint density at radius 1 is 1.50 bits per heavy atom. The van der Waals surface area contributed by atoms with Crippen molar-refractivity contribution in [3.05, 3.63) is 34.3 Å². The molecule has 0 atom stereocenters. The van der Waals surface area contributed by atoms with E-state index in [4.69, 9.17) is 4.74 Å². The maximum absolute atomic E-state index is 11.4. The summed E-state index contributed by atoms with van der Waals surface area (Å²) in [6.45, 7) is 2.23. The van der Waals surface area contributed by atoms with Crippen molar-refractivity contribution < 1.29 is 9.53 Å². The van der Waals surface area contributed by atoms with Gasteiger partial charge < -0.3 is 10.1 Å². The van der Waals surface area contributed by atoms with Gasteiger partial charge in [0, 0.05) is 4.47 Å². The van der Waals surface area contributed by atoms with Gasteiger partial charge in [0.05, 0.1) is 6.42 Å². The summed E-state index contributed by atoms with van der Waals surface area (Å²) in [4.78, 5) is 11.4. The number of carbonyl (C=O) groups is 1. The molecular weight excluding hydrogens is 270 g/mol. The number of hydrogen-bond donors (Lipinski definition) is 1. The molecule has 1 aromatic rings. The largest absolute Gasteiger partial charge is 0.461 e. The molecule has 0 spiro atoms. The zero-order chi connectivity index (χ0) is 11.4. The van der Waals surface area contributed by atoms with Crippen LogP contribution < -0.4 is 5.32 Å². The van der Waals surface area contributed by atoms with Gasteiger partial charge in [0.25, 0.3) is 0 Å². The average Bonchev–Trinajstić information content (AvgIpc) is 2.21. The van der Waals surface area contributed by atoms with Crippen LogP contribution in [0, 0.1) is 5.92 Å². The second-order valence-electron chi connectivity index (χ2n) is 4.02. The minimum Gasteiger partial charge on any atom is -0.461 e. The lowest BCUT2D eigenvalue weighted by Crippen LogP contribution is -2.43. The lowest BCUT2D eigenvalue weighted by Gasteiger charge is -2.25. The topological polar surface area (TPSA) is 38.3 Å². The molecule has 0 aromatic heterocycles. The summed E-state index contributed by atoms with van der Waals surface area (Å²) in [5.41, 5.74) is 1.01. The first-order chi connectivity index (χ1) is 7.74. The number of nitrogens with one attached hydrogen (secondary N) is 1. The predicted molar refractivity (Wildman–Crippen MR) is 64.9 cm³/mol. The number of esters is 1. The molecule has 0 unspecified atom stereocenters. The molecule has 4 heteroatoms. The van der Waals surface area contributed by atoms with Crippen LogP contribution in [0.2, 0.25) is 0 Å². The van der Waals surface area contributed by atoms with Gasteiger partial charge in [0.1, 0.15) is 6.61 Å². The molecule has 1 aromatic carbocycles. The lowest BCUT2D eigenvalue weighted by atomic mass is 10.00. The highest BCUT2D eigenvalue weighted by atomic mass is 79.9. The van der Waals surface area contributed by atoms with E-state index < -0.39 is 0 Å². The Morgan fingerprint density at radius 3 is 2.94 bits per heavy atom. The average molecular weight is 284 g/mol. The maximum Gasteiger partial charge on any atom is 0.306 e. The smallest absolute Gasteiger partial charge is 0.306 e. The van der Waals surface area contributed by atoms with Crippen molar-refractivity contribution in [2.75, 3.05) is 13.1 Å². The molecule has 1 saturated heterocycles. The molecule has 1 fully saturated rings. The van der Waals surface area contributed by atoms with Crippen LogP contribution in [0.15, 0.2) is 28.7 Å².